The summed E-state index contributed by atoms with van der Waals surface area (Å²) in [5.41, 5.74) is 0. The zero-order valence-electron chi connectivity index (χ0n) is 12.9. The molecular formula is C16H28IN3O. The first kappa shape index (κ1) is 18.3. The minimum absolute atomic E-state index is 0. The highest BCUT2D eigenvalue weighted by molar-refractivity contribution is 14.0. The summed E-state index contributed by atoms with van der Waals surface area (Å²) in [4.78, 5) is 4.22. The van der Waals surface area contributed by atoms with E-state index in [9.17, 15) is 0 Å². The highest BCUT2D eigenvalue weighted by atomic mass is 127. The Kier molecular flexibility index (Phi) is 9.54. The third-order valence-electron chi connectivity index (χ3n) is 4.04. The highest BCUT2D eigenvalue weighted by Crippen LogP contribution is 2.26. The summed E-state index contributed by atoms with van der Waals surface area (Å²) < 4.78 is 5.29. The topological polar surface area (TPSA) is 49.6 Å². The van der Waals surface area contributed by atoms with Crippen molar-refractivity contribution >= 4 is 29.9 Å². The maximum Gasteiger partial charge on any atom is 0.191 e. The Balaban J connectivity index is 0.00000220. The van der Waals surface area contributed by atoms with Gasteiger partial charge in [-0.05, 0) is 30.9 Å². The van der Waals surface area contributed by atoms with Crippen molar-refractivity contribution < 1.29 is 4.42 Å². The van der Waals surface area contributed by atoms with E-state index in [1.807, 2.05) is 12.1 Å². The molecule has 0 atom stereocenters. The lowest BCUT2D eigenvalue weighted by Gasteiger charge is -2.21. The average molecular weight is 405 g/mol. The molecule has 0 amide bonds. The predicted octanol–water partition coefficient (Wildman–Crippen LogP) is 3.92. The van der Waals surface area contributed by atoms with E-state index >= 15 is 0 Å². The van der Waals surface area contributed by atoms with Crippen LogP contribution in [0.1, 0.15) is 50.7 Å². The van der Waals surface area contributed by atoms with Gasteiger partial charge in [0.2, 0.25) is 0 Å². The Bertz CT molecular complexity index is 386. The van der Waals surface area contributed by atoms with Crippen LogP contribution in [0.25, 0.3) is 0 Å². The second kappa shape index (κ2) is 10.9. The quantitative estimate of drug-likeness (QED) is 0.327. The van der Waals surface area contributed by atoms with Gasteiger partial charge in [0.05, 0.1) is 12.8 Å². The van der Waals surface area contributed by atoms with Gasteiger partial charge in [0.25, 0.3) is 0 Å². The van der Waals surface area contributed by atoms with E-state index in [0.717, 1.165) is 24.2 Å². The number of aliphatic imine (C=N–C) groups is 1. The van der Waals surface area contributed by atoms with Crippen molar-refractivity contribution in [2.75, 3.05) is 13.6 Å². The molecule has 2 N–H and O–H groups in total. The van der Waals surface area contributed by atoms with Crippen LogP contribution in [-0.2, 0) is 6.54 Å². The molecule has 0 aromatic carbocycles. The van der Waals surface area contributed by atoms with Gasteiger partial charge < -0.3 is 15.1 Å². The van der Waals surface area contributed by atoms with Crippen LogP contribution in [-0.4, -0.2) is 19.6 Å². The molecule has 120 valence electrons. The number of rotatable bonds is 6. The third kappa shape index (κ3) is 7.20. The van der Waals surface area contributed by atoms with Gasteiger partial charge >= 0.3 is 0 Å². The Labute approximate surface area is 145 Å². The zero-order chi connectivity index (χ0) is 14.0. The first-order valence-corrected chi connectivity index (χ1v) is 7.85. The number of hydrogen-bond acceptors (Lipinski definition) is 2. The summed E-state index contributed by atoms with van der Waals surface area (Å²) in [6, 6.07) is 3.86. The van der Waals surface area contributed by atoms with E-state index in [-0.39, 0.29) is 24.0 Å². The lowest BCUT2D eigenvalue weighted by atomic mass is 9.86. The minimum atomic E-state index is 0. The first-order chi connectivity index (χ1) is 9.88. The Morgan fingerprint density at radius 3 is 2.76 bits per heavy atom. The number of nitrogens with one attached hydrogen (secondary N) is 2. The molecule has 2 rings (SSSR count). The van der Waals surface area contributed by atoms with Crippen LogP contribution in [0.5, 0.6) is 0 Å². The standard InChI is InChI=1S/C16H27N3O.HI/c1-17-16(19-13-15-10-6-12-20-15)18-11-5-9-14-7-3-2-4-8-14;/h6,10,12,14H,2-5,7-9,11,13H2,1H3,(H2,17,18,19);1H. The Morgan fingerprint density at radius 1 is 1.29 bits per heavy atom. The van der Waals surface area contributed by atoms with E-state index in [2.05, 4.69) is 15.6 Å². The van der Waals surface area contributed by atoms with Crippen molar-refractivity contribution in [3.63, 3.8) is 0 Å². The Morgan fingerprint density at radius 2 is 2.10 bits per heavy atom. The van der Waals surface area contributed by atoms with Gasteiger partial charge in [0.15, 0.2) is 5.96 Å². The van der Waals surface area contributed by atoms with Gasteiger partial charge in [0, 0.05) is 13.6 Å². The van der Waals surface area contributed by atoms with Gasteiger partial charge in [0.1, 0.15) is 5.76 Å². The summed E-state index contributed by atoms with van der Waals surface area (Å²) >= 11 is 0. The monoisotopic (exact) mass is 405 g/mol. The third-order valence-corrected chi connectivity index (χ3v) is 4.04. The maximum absolute atomic E-state index is 5.29. The molecule has 1 heterocycles. The molecule has 4 nitrogen and oxygen atoms in total. The Hall–Kier alpha value is -0.720. The highest BCUT2D eigenvalue weighted by Gasteiger charge is 2.12. The molecule has 1 fully saturated rings. The molecule has 1 aromatic rings. The van der Waals surface area contributed by atoms with Gasteiger partial charge in [-0.3, -0.25) is 4.99 Å². The number of guanidine groups is 1. The van der Waals surface area contributed by atoms with E-state index in [1.54, 1.807) is 13.3 Å². The van der Waals surface area contributed by atoms with E-state index in [4.69, 9.17) is 4.42 Å². The van der Waals surface area contributed by atoms with E-state index < -0.39 is 0 Å². The van der Waals surface area contributed by atoms with Crippen molar-refractivity contribution in [3.05, 3.63) is 24.2 Å². The predicted molar refractivity (Wildman–Crippen MR) is 98.1 cm³/mol. The largest absolute Gasteiger partial charge is 0.467 e. The van der Waals surface area contributed by atoms with Crippen LogP contribution < -0.4 is 10.6 Å². The maximum atomic E-state index is 5.29. The summed E-state index contributed by atoms with van der Waals surface area (Å²) in [5.74, 6) is 2.74. The van der Waals surface area contributed by atoms with Crippen LogP contribution in [0, 0.1) is 5.92 Å². The molecule has 0 saturated heterocycles. The molecule has 0 radical (unpaired) electrons. The van der Waals surface area contributed by atoms with Gasteiger partial charge in [-0.1, -0.05) is 32.1 Å². The fraction of sp³-hybridized carbons (Fsp3) is 0.688. The molecule has 1 aliphatic carbocycles. The zero-order valence-corrected chi connectivity index (χ0v) is 15.3. The van der Waals surface area contributed by atoms with Crippen molar-refractivity contribution in [2.45, 2.75) is 51.5 Å². The van der Waals surface area contributed by atoms with Crippen LogP contribution in [0.3, 0.4) is 0 Å². The number of furan rings is 1. The average Bonchev–Trinajstić information content (AvgIpc) is 3.01. The first-order valence-electron chi connectivity index (χ1n) is 7.85. The number of halogens is 1. The van der Waals surface area contributed by atoms with Crippen LogP contribution in [0.15, 0.2) is 27.8 Å². The summed E-state index contributed by atoms with van der Waals surface area (Å²) in [6.45, 7) is 1.67. The van der Waals surface area contributed by atoms with Gasteiger partial charge in [-0.25, -0.2) is 0 Å². The molecule has 1 aliphatic rings. The molecular weight excluding hydrogens is 377 g/mol. The van der Waals surface area contributed by atoms with Crippen molar-refractivity contribution in [3.8, 4) is 0 Å². The van der Waals surface area contributed by atoms with Crippen molar-refractivity contribution in [1.29, 1.82) is 0 Å². The van der Waals surface area contributed by atoms with Gasteiger partial charge in [-0.2, -0.15) is 0 Å². The fourth-order valence-corrected chi connectivity index (χ4v) is 2.88. The smallest absolute Gasteiger partial charge is 0.191 e. The molecule has 0 aliphatic heterocycles. The molecule has 5 heteroatoms. The molecule has 21 heavy (non-hydrogen) atoms. The molecule has 0 unspecified atom stereocenters. The van der Waals surface area contributed by atoms with E-state index in [0.29, 0.717) is 6.54 Å². The lowest BCUT2D eigenvalue weighted by molar-refractivity contribution is 0.332. The molecule has 1 aromatic heterocycles. The van der Waals surface area contributed by atoms with Crippen LogP contribution in [0.4, 0.5) is 0 Å². The fourth-order valence-electron chi connectivity index (χ4n) is 2.88. The van der Waals surface area contributed by atoms with Crippen molar-refractivity contribution in [2.24, 2.45) is 10.9 Å². The normalized spacial score (nSPS) is 16.3. The summed E-state index contributed by atoms with van der Waals surface area (Å²) in [6.07, 6.45) is 11.5. The molecule has 1 saturated carbocycles. The molecule has 0 spiro atoms. The number of nitrogens with zero attached hydrogens (tertiary/aromatic N) is 1. The SMILES string of the molecule is CN=C(NCCCC1CCCCC1)NCc1ccco1.I. The number of hydrogen-bond donors (Lipinski definition) is 2. The second-order valence-electron chi connectivity index (χ2n) is 5.58. The van der Waals surface area contributed by atoms with Crippen LogP contribution >= 0.6 is 24.0 Å². The summed E-state index contributed by atoms with van der Waals surface area (Å²) in [5, 5.41) is 6.62. The van der Waals surface area contributed by atoms with Gasteiger partial charge in [-0.15, -0.1) is 24.0 Å². The summed E-state index contributed by atoms with van der Waals surface area (Å²) in [7, 11) is 1.80. The lowest BCUT2D eigenvalue weighted by Crippen LogP contribution is -2.37. The van der Waals surface area contributed by atoms with E-state index in [1.165, 1.54) is 44.9 Å². The van der Waals surface area contributed by atoms with Crippen LogP contribution in [0.2, 0.25) is 0 Å². The molecule has 0 bridgehead atoms. The van der Waals surface area contributed by atoms with Crippen molar-refractivity contribution in [1.82, 2.24) is 10.6 Å². The second-order valence-corrected chi connectivity index (χ2v) is 5.58. The minimum Gasteiger partial charge on any atom is -0.467 e.